The lowest BCUT2D eigenvalue weighted by Crippen LogP contribution is -2.27. The van der Waals surface area contributed by atoms with Crippen molar-refractivity contribution in [1.82, 2.24) is 29.2 Å². The molecule has 3 aromatic heterocycles. The number of pyridine rings is 1. The summed E-state index contributed by atoms with van der Waals surface area (Å²) >= 11 is 0. The number of carbonyl (C=O) groups is 1. The molecule has 5 rings (SSSR count). The van der Waals surface area contributed by atoms with E-state index in [0.717, 1.165) is 72.4 Å². The fourth-order valence-electron chi connectivity index (χ4n) is 4.58. The smallest absolute Gasteiger partial charge is 0.321 e. The van der Waals surface area contributed by atoms with Crippen LogP contribution >= 0.6 is 0 Å². The molecule has 0 aliphatic rings. The van der Waals surface area contributed by atoms with Crippen molar-refractivity contribution in [1.29, 1.82) is 0 Å². The zero-order valence-electron chi connectivity index (χ0n) is 24.0. The van der Waals surface area contributed by atoms with Crippen LogP contribution in [0.3, 0.4) is 0 Å². The van der Waals surface area contributed by atoms with E-state index in [2.05, 4.69) is 51.0 Å². The number of anilines is 1. The van der Waals surface area contributed by atoms with Gasteiger partial charge in [-0.1, -0.05) is 31.8 Å². The van der Waals surface area contributed by atoms with Gasteiger partial charge in [0.05, 0.1) is 35.0 Å². The van der Waals surface area contributed by atoms with Crippen LogP contribution < -0.4 is 5.32 Å². The van der Waals surface area contributed by atoms with E-state index in [1.54, 1.807) is 24.5 Å². The Morgan fingerprint density at radius 3 is 2.60 bits per heavy atom. The lowest BCUT2D eigenvalue weighted by atomic mass is 10.1. The van der Waals surface area contributed by atoms with E-state index in [1.807, 2.05) is 46.8 Å². The molecule has 1 amide bonds. The van der Waals surface area contributed by atoms with Crippen LogP contribution in [0.25, 0.3) is 16.7 Å². The van der Waals surface area contributed by atoms with Crippen molar-refractivity contribution in [3.63, 3.8) is 0 Å². The number of imidazole rings is 1. The van der Waals surface area contributed by atoms with E-state index in [4.69, 9.17) is 0 Å². The van der Waals surface area contributed by atoms with Gasteiger partial charge in [0, 0.05) is 35.8 Å². The van der Waals surface area contributed by atoms with E-state index >= 15 is 0 Å². The average Bonchev–Trinajstić information content (AvgIpc) is 3.64. The minimum Gasteiger partial charge on any atom is -0.321 e. The highest BCUT2D eigenvalue weighted by atomic mass is 19.4. The van der Waals surface area contributed by atoms with Crippen LogP contribution in [0.5, 0.6) is 0 Å². The number of carbonyl (C=O) groups excluding carboxylic acids is 1. The van der Waals surface area contributed by atoms with Crippen LogP contribution in [-0.4, -0.2) is 54.8 Å². The zero-order chi connectivity index (χ0) is 30.6. The van der Waals surface area contributed by atoms with Crippen LogP contribution in [0.4, 0.5) is 18.9 Å². The second-order valence-electron chi connectivity index (χ2n) is 9.97. The Kier molecular flexibility index (Phi) is 8.59. The first kappa shape index (κ1) is 29.5. The molecule has 43 heavy (non-hydrogen) atoms. The second kappa shape index (κ2) is 12.5. The molecule has 0 spiro atoms. The molecular formula is C32H30F3N7O. The third-order valence-corrected chi connectivity index (χ3v) is 7.14. The summed E-state index contributed by atoms with van der Waals surface area (Å²) in [4.78, 5) is 23.3. The fraction of sp³-hybridized carbons (Fsp3) is 0.250. The van der Waals surface area contributed by atoms with Crippen molar-refractivity contribution in [2.45, 2.75) is 33.5 Å². The largest absolute Gasteiger partial charge is 0.416 e. The maximum atomic E-state index is 13.0. The normalized spacial score (nSPS) is 11.5. The number of fused-ring (bicyclic) bond motifs is 1. The summed E-state index contributed by atoms with van der Waals surface area (Å²) in [6.07, 6.45) is 2.00. The monoisotopic (exact) mass is 585 g/mol. The molecule has 0 saturated heterocycles. The summed E-state index contributed by atoms with van der Waals surface area (Å²) in [6.45, 7) is 9.94. The minimum absolute atomic E-state index is 0.331. The molecule has 0 aliphatic heterocycles. The van der Waals surface area contributed by atoms with Gasteiger partial charge in [0.25, 0.3) is 5.91 Å². The molecule has 3 heterocycles. The molecule has 8 nitrogen and oxygen atoms in total. The Balaban J connectivity index is 1.31. The number of benzene rings is 2. The Labute approximate surface area is 247 Å². The number of aryl methyl sites for hydroxylation is 1. The van der Waals surface area contributed by atoms with Crippen molar-refractivity contribution in [3.8, 4) is 17.5 Å². The molecule has 0 unspecified atom stereocenters. The number of hydrogen-bond acceptors (Lipinski definition) is 5. The Morgan fingerprint density at radius 2 is 1.84 bits per heavy atom. The number of aromatic nitrogens is 5. The predicted octanol–water partition coefficient (Wildman–Crippen LogP) is 5.94. The highest BCUT2D eigenvalue weighted by Gasteiger charge is 2.31. The van der Waals surface area contributed by atoms with Gasteiger partial charge in [-0.3, -0.25) is 19.0 Å². The summed E-state index contributed by atoms with van der Waals surface area (Å²) in [7, 11) is 0. The number of nitrogens with zero attached hydrogens (tertiary/aromatic N) is 6. The molecule has 5 aromatic rings. The Bertz CT molecular complexity index is 1820. The topological polar surface area (TPSA) is 80.9 Å². The van der Waals surface area contributed by atoms with Gasteiger partial charge in [-0.25, -0.2) is 4.98 Å². The molecule has 11 heteroatoms. The van der Waals surface area contributed by atoms with E-state index in [9.17, 15) is 18.0 Å². The van der Waals surface area contributed by atoms with Crippen LogP contribution in [0, 0.1) is 18.8 Å². The average molecular weight is 586 g/mol. The van der Waals surface area contributed by atoms with Crippen molar-refractivity contribution in [2.24, 2.45) is 0 Å². The molecule has 0 aliphatic carbocycles. The number of hydrogen-bond donors (Lipinski definition) is 1. The second-order valence-corrected chi connectivity index (χ2v) is 9.97. The highest BCUT2D eigenvalue weighted by molar-refractivity contribution is 6.03. The van der Waals surface area contributed by atoms with Crippen molar-refractivity contribution < 1.29 is 18.0 Å². The first-order valence-electron chi connectivity index (χ1n) is 13.8. The molecule has 220 valence electrons. The lowest BCUT2D eigenvalue weighted by molar-refractivity contribution is -0.137. The van der Waals surface area contributed by atoms with E-state index in [-0.39, 0.29) is 5.69 Å². The van der Waals surface area contributed by atoms with Gasteiger partial charge in [0.15, 0.2) is 0 Å². The first-order chi connectivity index (χ1) is 20.6. The molecule has 0 fully saturated rings. The molecular weight excluding hydrogens is 555 g/mol. The number of halogens is 3. The van der Waals surface area contributed by atoms with Crippen LogP contribution in [-0.2, 0) is 12.7 Å². The SMILES string of the molecule is CCN(CC)CCn1cc(-n2cnc3cc(C#Cc4cc(NC(=O)c5cc(C(F)(F)F)ccn5)ccc4C)ccc32)cn1. The van der Waals surface area contributed by atoms with Crippen LogP contribution in [0.15, 0.2) is 73.4 Å². The van der Waals surface area contributed by atoms with Crippen molar-refractivity contribution >= 4 is 22.6 Å². The highest BCUT2D eigenvalue weighted by Crippen LogP contribution is 2.29. The quantitative estimate of drug-likeness (QED) is 0.228. The van der Waals surface area contributed by atoms with Gasteiger partial charge in [-0.2, -0.15) is 18.3 Å². The first-order valence-corrected chi connectivity index (χ1v) is 13.8. The standard InChI is InChI=1S/C32H30F3N7O/c1-4-40(5-2)14-15-41-20-27(19-38-41)42-21-37-28-16-23(8-11-30(28)42)7-9-24-17-26(10-6-22(24)3)39-31(43)29-18-25(12-13-36-29)32(33,34)35/h6,8,10-13,16-21H,4-5,14-15H2,1-3H3,(H,39,43). The van der Waals surface area contributed by atoms with Gasteiger partial charge >= 0.3 is 6.18 Å². The van der Waals surface area contributed by atoms with Gasteiger partial charge in [-0.05, 0) is 68.0 Å². The number of likely N-dealkylation sites (N-methyl/N-ethyl adjacent to an activating group) is 1. The predicted molar refractivity (Wildman–Crippen MR) is 159 cm³/mol. The van der Waals surface area contributed by atoms with E-state index < -0.39 is 17.6 Å². The summed E-state index contributed by atoms with van der Waals surface area (Å²) in [5.74, 6) is 5.54. The number of amides is 1. The van der Waals surface area contributed by atoms with Gasteiger partial charge in [0.1, 0.15) is 12.0 Å². The van der Waals surface area contributed by atoms with Crippen LogP contribution in [0.1, 0.15) is 46.6 Å². The summed E-state index contributed by atoms with van der Waals surface area (Å²) in [5, 5.41) is 7.12. The van der Waals surface area contributed by atoms with Crippen LogP contribution in [0.2, 0.25) is 0 Å². The van der Waals surface area contributed by atoms with Gasteiger partial charge in [-0.15, -0.1) is 0 Å². The summed E-state index contributed by atoms with van der Waals surface area (Å²) in [6, 6.07) is 12.5. The Morgan fingerprint density at radius 1 is 1.02 bits per heavy atom. The molecule has 0 atom stereocenters. The molecule has 0 bridgehead atoms. The molecule has 0 radical (unpaired) electrons. The van der Waals surface area contributed by atoms with Gasteiger partial charge in [0.2, 0.25) is 0 Å². The Hall–Kier alpha value is -4.95. The minimum atomic E-state index is -4.57. The summed E-state index contributed by atoms with van der Waals surface area (Å²) in [5.41, 5.74) is 4.07. The molecule has 1 N–H and O–H groups in total. The zero-order valence-corrected chi connectivity index (χ0v) is 24.0. The van der Waals surface area contributed by atoms with Crippen molar-refractivity contribution in [2.75, 3.05) is 25.0 Å². The third kappa shape index (κ3) is 6.93. The number of alkyl halides is 3. The summed E-state index contributed by atoms with van der Waals surface area (Å²) < 4.78 is 43.0. The molecule has 2 aromatic carbocycles. The maximum absolute atomic E-state index is 13.0. The maximum Gasteiger partial charge on any atom is 0.416 e. The van der Waals surface area contributed by atoms with Crippen molar-refractivity contribution in [3.05, 3.63) is 101 Å². The number of nitrogens with one attached hydrogen (secondary N) is 1. The third-order valence-electron chi connectivity index (χ3n) is 7.14. The number of rotatable bonds is 8. The van der Waals surface area contributed by atoms with E-state index in [1.165, 1.54) is 0 Å². The molecule has 0 saturated carbocycles. The van der Waals surface area contributed by atoms with Gasteiger partial charge < -0.3 is 10.2 Å². The lowest BCUT2D eigenvalue weighted by Gasteiger charge is -2.17. The van der Waals surface area contributed by atoms with E-state index in [0.29, 0.717) is 11.3 Å². The fourth-order valence-corrected chi connectivity index (χ4v) is 4.58.